The Morgan fingerprint density at radius 2 is 1.81 bits per heavy atom. The van der Waals surface area contributed by atoms with E-state index < -0.39 is 5.91 Å². The molecule has 0 radical (unpaired) electrons. The summed E-state index contributed by atoms with van der Waals surface area (Å²) in [5, 5.41) is 7.27. The molecule has 3 rings (SSSR count). The van der Waals surface area contributed by atoms with Crippen LogP contribution >= 0.6 is 11.6 Å². The van der Waals surface area contributed by atoms with E-state index in [2.05, 4.69) is 29.0 Å². The third-order valence-corrected chi connectivity index (χ3v) is 4.70. The van der Waals surface area contributed by atoms with Crippen LogP contribution in [-0.2, 0) is 5.41 Å². The maximum absolute atomic E-state index is 11.2. The van der Waals surface area contributed by atoms with Crippen LogP contribution in [0.5, 0.6) is 5.75 Å². The Labute approximate surface area is 156 Å². The van der Waals surface area contributed by atoms with Crippen molar-refractivity contribution in [2.75, 3.05) is 7.11 Å². The first kappa shape index (κ1) is 17.9. The Morgan fingerprint density at radius 3 is 2.38 bits per heavy atom. The molecule has 0 atom stereocenters. The smallest absolute Gasteiger partial charge is 0.286 e. The fourth-order valence-corrected chi connectivity index (χ4v) is 2.92. The molecular formula is C19H19ClN4O2. The fraction of sp³-hybridized carbons (Fsp3) is 0.211. The molecule has 3 aromatic rings. The molecule has 1 heterocycles. The topological polar surface area (TPSA) is 93.9 Å². The van der Waals surface area contributed by atoms with E-state index in [1.807, 2.05) is 42.5 Å². The Kier molecular flexibility index (Phi) is 4.70. The molecule has 0 saturated carbocycles. The van der Waals surface area contributed by atoms with Crippen molar-refractivity contribution in [1.82, 2.24) is 15.2 Å². The highest BCUT2D eigenvalue weighted by Gasteiger charge is 2.25. The molecule has 1 amide bonds. The van der Waals surface area contributed by atoms with Crippen molar-refractivity contribution < 1.29 is 9.53 Å². The molecule has 6 nitrogen and oxygen atoms in total. The highest BCUT2D eigenvalue weighted by molar-refractivity contribution is 6.30. The van der Waals surface area contributed by atoms with E-state index in [9.17, 15) is 4.79 Å². The zero-order chi connectivity index (χ0) is 18.9. The van der Waals surface area contributed by atoms with E-state index in [1.54, 1.807) is 7.11 Å². The predicted molar refractivity (Wildman–Crippen MR) is 100 cm³/mol. The maximum Gasteiger partial charge on any atom is 0.286 e. The number of H-pyrrole nitrogens is 1. The molecule has 0 spiro atoms. The number of nitrogens with two attached hydrogens (primary N) is 1. The molecule has 134 valence electrons. The average molecular weight is 371 g/mol. The van der Waals surface area contributed by atoms with Crippen LogP contribution in [0.1, 0.15) is 35.6 Å². The summed E-state index contributed by atoms with van der Waals surface area (Å²) in [6, 6.07) is 13.6. The summed E-state index contributed by atoms with van der Waals surface area (Å²) in [6.45, 7) is 4.26. The number of aromatic amines is 1. The van der Waals surface area contributed by atoms with Crippen LogP contribution in [0.2, 0.25) is 5.02 Å². The zero-order valence-electron chi connectivity index (χ0n) is 14.7. The Balaban J connectivity index is 2.02. The molecule has 0 saturated heterocycles. The molecule has 2 aromatic carbocycles. The molecule has 1 aromatic heterocycles. The van der Waals surface area contributed by atoms with E-state index in [0.29, 0.717) is 22.2 Å². The summed E-state index contributed by atoms with van der Waals surface area (Å²) in [7, 11) is 1.58. The number of hydrogen-bond acceptors (Lipinski definition) is 4. The quantitative estimate of drug-likeness (QED) is 0.718. The second-order valence-corrected chi connectivity index (χ2v) is 6.86. The van der Waals surface area contributed by atoms with Gasteiger partial charge in [-0.05, 0) is 35.4 Å². The molecule has 0 unspecified atom stereocenters. The van der Waals surface area contributed by atoms with Gasteiger partial charge >= 0.3 is 0 Å². The summed E-state index contributed by atoms with van der Waals surface area (Å²) >= 11 is 6.00. The third kappa shape index (κ3) is 3.28. The number of hydrogen-bond donors (Lipinski definition) is 2. The number of nitrogens with one attached hydrogen (secondary N) is 1. The van der Waals surface area contributed by atoms with E-state index in [1.165, 1.54) is 0 Å². The van der Waals surface area contributed by atoms with E-state index in [0.717, 1.165) is 11.1 Å². The van der Waals surface area contributed by atoms with Crippen molar-refractivity contribution >= 4 is 17.5 Å². The number of carbonyl (C=O) groups excluding carboxylic acids is 1. The molecule has 0 aliphatic rings. The second kappa shape index (κ2) is 6.80. The van der Waals surface area contributed by atoms with Gasteiger partial charge in [0.15, 0.2) is 5.82 Å². The number of rotatable bonds is 5. The van der Waals surface area contributed by atoms with Crippen molar-refractivity contribution in [1.29, 1.82) is 0 Å². The first-order chi connectivity index (χ1) is 12.3. The van der Waals surface area contributed by atoms with Crippen LogP contribution in [0.15, 0.2) is 42.5 Å². The van der Waals surface area contributed by atoms with Gasteiger partial charge in [-0.15, -0.1) is 0 Å². The van der Waals surface area contributed by atoms with Crippen LogP contribution in [0.4, 0.5) is 0 Å². The first-order valence-electron chi connectivity index (χ1n) is 8.00. The fourth-order valence-electron chi connectivity index (χ4n) is 2.79. The number of aromatic nitrogens is 3. The normalized spacial score (nSPS) is 11.4. The van der Waals surface area contributed by atoms with Crippen molar-refractivity contribution in [3.05, 3.63) is 64.4 Å². The molecular weight excluding hydrogens is 352 g/mol. The van der Waals surface area contributed by atoms with Crippen LogP contribution < -0.4 is 10.5 Å². The van der Waals surface area contributed by atoms with Crippen LogP contribution in [0.25, 0.3) is 11.4 Å². The molecule has 3 N–H and O–H groups in total. The Hall–Kier alpha value is -2.86. The lowest BCUT2D eigenvalue weighted by Crippen LogP contribution is -2.19. The van der Waals surface area contributed by atoms with Gasteiger partial charge in [0.1, 0.15) is 5.75 Å². The summed E-state index contributed by atoms with van der Waals surface area (Å²) in [5.74, 6) is 0.307. The van der Waals surface area contributed by atoms with Gasteiger partial charge in [-0.2, -0.15) is 5.10 Å². The number of ether oxygens (including phenoxy) is 1. The number of carbonyl (C=O) groups is 1. The number of methoxy groups -OCH3 is 1. The van der Waals surface area contributed by atoms with E-state index >= 15 is 0 Å². The SMILES string of the molecule is COc1cc(C(C)(C)c2ccc(Cl)cc2)ccc1-c1n[nH]c(C(N)=O)n1. The highest BCUT2D eigenvalue weighted by atomic mass is 35.5. The van der Waals surface area contributed by atoms with Gasteiger partial charge in [-0.25, -0.2) is 4.98 Å². The lowest BCUT2D eigenvalue weighted by molar-refractivity contribution is 0.0991. The van der Waals surface area contributed by atoms with Crippen LogP contribution in [0.3, 0.4) is 0 Å². The monoisotopic (exact) mass is 370 g/mol. The third-order valence-electron chi connectivity index (χ3n) is 4.45. The standard InChI is InChI=1S/C19H19ClN4O2/c1-19(2,11-4-7-13(20)8-5-11)12-6-9-14(15(10-12)26-3)17-22-18(16(21)25)24-23-17/h4-10H,1-3H3,(H2,21,25)(H,22,23,24). The van der Waals surface area contributed by atoms with Crippen molar-refractivity contribution in [3.8, 4) is 17.1 Å². The molecule has 0 aliphatic heterocycles. The summed E-state index contributed by atoms with van der Waals surface area (Å²) in [6.07, 6.45) is 0. The number of primary amides is 1. The number of benzene rings is 2. The van der Waals surface area contributed by atoms with Crippen LogP contribution in [0, 0.1) is 0 Å². The first-order valence-corrected chi connectivity index (χ1v) is 8.38. The van der Waals surface area contributed by atoms with Crippen molar-refractivity contribution in [2.24, 2.45) is 5.73 Å². The van der Waals surface area contributed by atoms with Crippen molar-refractivity contribution in [2.45, 2.75) is 19.3 Å². The maximum atomic E-state index is 11.2. The lowest BCUT2D eigenvalue weighted by atomic mass is 9.78. The average Bonchev–Trinajstić information content (AvgIpc) is 3.11. The van der Waals surface area contributed by atoms with Gasteiger partial charge in [-0.3, -0.25) is 9.89 Å². The summed E-state index contributed by atoms with van der Waals surface area (Å²) in [4.78, 5) is 15.3. The minimum absolute atomic E-state index is 0.00706. The van der Waals surface area contributed by atoms with Gasteiger partial charge in [0.05, 0.1) is 12.7 Å². The van der Waals surface area contributed by atoms with E-state index in [4.69, 9.17) is 22.1 Å². The Morgan fingerprint density at radius 1 is 1.15 bits per heavy atom. The van der Waals surface area contributed by atoms with Crippen LogP contribution in [-0.4, -0.2) is 28.2 Å². The van der Waals surface area contributed by atoms with E-state index in [-0.39, 0.29) is 11.2 Å². The highest BCUT2D eigenvalue weighted by Crippen LogP contribution is 2.37. The molecule has 26 heavy (non-hydrogen) atoms. The van der Waals surface area contributed by atoms with Gasteiger partial charge in [-0.1, -0.05) is 43.6 Å². The minimum atomic E-state index is -0.664. The number of halogens is 1. The van der Waals surface area contributed by atoms with Gasteiger partial charge in [0.25, 0.3) is 5.91 Å². The molecule has 0 aliphatic carbocycles. The molecule has 0 bridgehead atoms. The second-order valence-electron chi connectivity index (χ2n) is 6.42. The molecule has 7 heteroatoms. The number of amides is 1. The summed E-state index contributed by atoms with van der Waals surface area (Å²) in [5.41, 5.74) is 7.83. The van der Waals surface area contributed by atoms with Gasteiger partial charge in [0.2, 0.25) is 5.82 Å². The molecule has 0 fully saturated rings. The lowest BCUT2D eigenvalue weighted by Gasteiger charge is -2.27. The zero-order valence-corrected chi connectivity index (χ0v) is 15.5. The van der Waals surface area contributed by atoms with Gasteiger partial charge < -0.3 is 10.5 Å². The van der Waals surface area contributed by atoms with Crippen molar-refractivity contribution in [3.63, 3.8) is 0 Å². The Bertz CT molecular complexity index is 948. The van der Waals surface area contributed by atoms with Gasteiger partial charge in [0, 0.05) is 10.4 Å². The minimum Gasteiger partial charge on any atom is -0.496 e. The summed E-state index contributed by atoms with van der Waals surface area (Å²) < 4.78 is 5.53. The predicted octanol–water partition coefficient (Wildman–Crippen LogP) is 3.56. The number of nitrogens with zero attached hydrogens (tertiary/aromatic N) is 2. The largest absolute Gasteiger partial charge is 0.496 e.